The van der Waals surface area contributed by atoms with Crippen LogP contribution in [-0.2, 0) is 16.6 Å². The van der Waals surface area contributed by atoms with Gasteiger partial charge in [0, 0.05) is 25.3 Å². The highest BCUT2D eigenvalue weighted by Gasteiger charge is 2.21. The van der Waals surface area contributed by atoms with Crippen LogP contribution in [0.4, 0.5) is 5.69 Å². The molecule has 1 aliphatic carbocycles. The summed E-state index contributed by atoms with van der Waals surface area (Å²) in [7, 11) is 1.60. The molecule has 134 valence electrons. The van der Waals surface area contributed by atoms with Crippen molar-refractivity contribution in [3.8, 4) is 0 Å². The van der Waals surface area contributed by atoms with E-state index >= 15 is 0 Å². The lowest BCUT2D eigenvalue weighted by Gasteiger charge is -2.26. The number of aryl methyl sites for hydroxylation is 1. The molecule has 1 heterocycles. The van der Waals surface area contributed by atoms with E-state index in [1.807, 2.05) is 0 Å². The summed E-state index contributed by atoms with van der Waals surface area (Å²) in [4.78, 5) is 35.5. The number of hydrogen-bond donors (Lipinski definition) is 2. The average Bonchev–Trinajstić information content (AvgIpc) is 2.86. The number of benzene rings is 1. The summed E-state index contributed by atoms with van der Waals surface area (Å²) in [5, 5.41) is 5.25. The number of anilines is 1. The average molecular weight is 345 g/mol. The number of fused-ring (bicyclic) bond motifs is 1. The summed E-state index contributed by atoms with van der Waals surface area (Å²) in [6.07, 6.45) is 4.60. The molecule has 0 unspecified atom stereocenters. The third-order valence-corrected chi connectivity index (χ3v) is 4.85. The summed E-state index contributed by atoms with van der Waals surface area (Å²) in [5.74, 6) is -0.723. The zero-order valence-corrected chi connectivity index (χ0v) is 14.5. The Morgan fingerprint density at radius 3 is 2.84 bits per heavy atom. The molecule has 1 fully saturated rings. The SMILES string of the molecule is C[C@H]1CCC[C@H](CNC(=O)C(=O)Nc2ccc3c(c2)oc(=O)n3C)C1. The van der Waals surface area contributed by atoms with Gasteiger partial charge in [-0.1, -0.05) is 19.8 Å². The number of oxazole rings is 1. The van der Waals surface area contributed by atoms with Crippen molar-refractivity contribution in [3.63, 3.8) is 0 Å². The number of nitrogens with zero attached hydrogens (tertiary/aromatic N) is 1. The summed E-state index contributed by atoms with van der Waals surface area (Å²) in [5.41, 5.74) is 1.40. The number of carbonyl (C=O) groups excluding carboxylic acids is 2. The molecule has 0 spiro atoms. The first-order valence-corrected chi connectivity index (χ1v) is 8.63. The second-order valence-corrected chi connectivity index (χ2v) is 6.91. The molecule has 0 radical (unpaired) electrons. The van der Waals surface area contributed by atoms with Gasteiger partial charge in [-0.05, 0) is 36.8 Å². The predicted octanol–water partition coefficient (Wildman–Crippen LogP) is 2.01. The molecule has 1 saturated carbocycles. The van der Waals surface area contributed by atoms with Gasteiger partial charge in [0.15, 0.2) is 5.58 Å². The molecule has 7 heteroatoms. The Hall–Kier alpha value is -2.57. The van der Waals surface area contributed by atoms with E-state index in [-0.39, 0.29) is 0 Å². The zero-order valence-electron chi connectivity index (χ0n) is 14.5. The Labute approximate surface area is 145 Å². The van der Waals surface area contributed by atoms with Gasteiger partial charge >= 0.3 is 17.6 Å². The number of carbonyl (C=O) groups is 2. The van der Waals surface area contributed by atoms with Crippen LogP contribution >= 0.6 is 0 Å². The molecule has 2 N–H and O–H groups in total. The van der Waals surface area contributed by atoms with Gasteiger partial charge in [0.1, 0.15) is 0 Å². The van der Waals surface area contributed by atoms with E-state index < -0.39 is 17.6 Å². The molecule has 2 amide bonds. The van der Waals surface area contributed by atoms with Gasteiger partial charge in [0.2, 0.25) is 0 Å². The number of rotatable bonds is 3. The minimum atomic E-state index is -0.721. The maximum absolute atomic E-state index is 12.0. The van der Waals surface area contributed by atoms with Crippen molar-refractivity contribution in [2.24, 2.45) is 18.9 Å². The Balaban J connectivity index is 1.57. The maximum Gasteiger partial charge on any atom is 0.419 e. The summed E-state index contributed by atoms with van der Waals surface area (Å²) < 4.78 is 6.45. The molecule has 0 bridgehead atoms. The van der Waals surface area contributed by atoms with Gasteiger partial charge in [-0.3, -0.25) is 14.2 Å². The van der Waals surface area contributed by atoms with Crippen LogP contribution in [-0.4, -0.2) is 22.9 Å². The van der Waals surface area contributed by atoms with Crippen LogP contribution < -0.4 is 16.4 Å². The van der Waals surface area contributed by atoms with Crippen molar-refractivity contribution in [2.75, 3.05) is 11.9 Å². The van der Waals surface area contributed by atoms with Crippen molar-refractivity contribution in [3.05, 3.63) is 28.7 Å². The van der Waals surface area contributed by atoms with Crippen molar-refractivity contribution in [1.29, 1.82) is 0 Å². The van der Waals surface area contributed by atoms with Gasteiger partial charge in [-0.25, -0.2) is 4.79 Å². The molecule has 0 saturated heterocycles. The Bertz CT molecular complexity index is 852. The fourth-order valence-electron chi connectivity index (χ4n) is 3.46. The van der Waals surface area contributed by atoms with E-state index in [0.29, 0.717) is 35.2 Å². The lowest BCUT2D eigenvalue weighted by atomic mass is 9.82. The molecular formula is C18H23N3O4. The van der Waals surface area contributed by atoms with Crippen LogP contribution in [0.2, 0.25) is 0 Å². The quantitative estimate of drug-likeness (QED) is 0.832. The number of aromatic nitrogens is 1. The molecule has 25 heavy (non-hydrogen) atoms. The van der Waals surface area contributed by atoms with Crippen LogP contribution in [0.5, 0.6) is 0 Å². The first-order valence-electron chi connectivity index (χ1n) is 8.63. The predicted molar refractivity (Wildman–Crippen MR) is 94.2 cm³/mol. The van der Waals surface area contributed by atoms with Crippen LogP contribution in [0, 0.1) is 11.8 Å². The van der Waals surface area contributed by atoms with E-state index in [4.69, 9.17) is 4.42 Å². The molecule has 2 aromatic rings. The Morgan fingerprint density at radius 2 is 2.08 bits per heavy atom. The summed E-state index contributed by atoms with van der Waals surface area (Å²) in [6, 6.07) is 4.83. The molecule has 2 atom stereocenters. The first-order chi connectivity index (χ1) is 11.9. The fraction of sp³-hybridized carbons (Fsp3) is 0.500. The molecule has 1 aromatic carbocycles. The van der Waals surface area contributed by atoms with Crippen LogP contribution in [0.3, 0.4) is 0 Å². The monoisotopic (exact) mass is 345 g/mol. The van der Waals surface area contributed by atoms with Crippen molar-refractivity contribution < 1.29 is 14.0 Å². The topological polar surface area (TPSA) is 93.3 Å². The Morgan fingerprint density at radius 1 is 1.28 bits per heavy atom. The van der Waals surface area contributed by atoms with Crippen LogP contribution in [0.25, 0.3) is 11.1 Å². The molecular weight excluding hydrogens is 322 g/mol. The van der Waals surface area contributed by atoms with Crippen molar-refractivity contribution in [2.45, 2.75) is 32.6 Å². The van der Waals surface area contributed by atoms with Crippen molar-refractivity contribution >= 4 is 28.6 Å². The number of hydrogen-bond acceptors (Lipinski definition) is 4. The third-order valence-electron chi connectivity index (χ3n) is 4.85. The minimum absolute atomic E-state index is 0.363. The van der Waals surface area contributed by atoms with E-state index in [9.17, 15) is 14.4 Å². The number of nitrogens with one attached hydrogen (secondary N) is 2. The van der Waals surface area contributed by atoms with E-state index in [2.05, 4.69) is 17.6 Å². The lowest BCUT2D eigenvalue weighted by molar-refractivity contribution is -0.136. The van der Waals surface area contributed by atoms with Crippen LogP contribution in [0.1, 0.15) is 32.6 Å². The Kier molecular flexibility index (Phi) is 4.92. The smallest absolute Gasteiger partial charge is 0.408 e. The standard InChI is InChI=1S/C18H23N3O4/c1-11-4-3-5-12(8-11)10-19-16(22)17(23)20-13-6-7-14-15(9-13)25-18(24)21(14)2/h6-7,9,11-12H,3-5,8,10H2,1-2H3,(H,19,22)(H,20,23)/t11-,12-/m0/s1. The van der Waals surface area contributed by atoms with E-state index in [1.165, 1.54) is 23.5 Å². The summed E-state index contributed by atoms with van der Waals surface area (Å²) in [6.45, 7) is 2.75. The maximum atomic E-state index is 12.0. The van der Waals surface area contributed by atoms with Gasteiger partial charge in [-0.2, -0.15) is 0 Å². The first kappa shape index (κ1) is 17.3. The van der Waals surface area contributed by atoms with Gasteiger partial charge in [0.25, 0.3) is 0 Å². The summed E-state index contributed by atoms with van der Waals surface area (Å²) >= 11 is 0. The van der Waals surface area contributed by atoms with Crippen LogP contribution in [0.15, 0.2) is 27.4 Å². The molecule has 1 aliphatic rings. The largest absolute Gasteiger partial charge is 0.419 e. The highest BCUT2D eigenvalue weighted by atomic mass is 16.4. The van der Waals surface area contributed by atoms with Gasteiger partial charge in [0.05, 0.1) is 5.52 Å². The molecule has 7 nitrogen and oxygen atoms in total. The second kappa shape index (κ2) is 7.13. The molecule has 1 aromatic heterocycles. The minimum Gasteiger partial charge on any atom is -0.408 e. The fourth-order valence-corrected chi connectivity index (χ4v) is 3.46. The second-order valence-electron chi connectivity index (χ2n) is 6.91. The highest BCUT2D eigenvalue weighted by molar-refractivity contribution is 6.39. The normalized spacial score (nSPS) is 20.4. The highest BCUT2D eigenvalue weighted by Crippen LogP contribution is 2.27. The van der Waals surface area contributed by atoms with E-state index in [0.717, 1.165) is 12.8 Å². The molecule has 3 rings (SSSR count). The van der Waals surface area contributed by atoms with Gasteiger partial charge < -0.3 is 15.1 Å². The van der Waals surface area contributed by atoms with E-state index in [1.54, 1.807) is 19.2 Å². The molecule has 0 aliphatic heterocycles. The number of amides is 2. The lowest BCUT2D eigenvalue weighted by Crippen LogP contribution is -2.38. The zero-order chi connectivity index (χ0) is 18.0. The van der Waals surface area contributed by atoms with Gasteiger partial charge in [-0.15, -0.1) is 0 Å². The van der Waals surface area contributed by atoms with Crippen molar-refractivity contribution in [1.82, 2.24) is 9.88 Å². The third kappa shape index (κ3) is 3.92.